The summed E-state index contributed by atoms with van der Waals surface area (Å²) in [7, 11) is 1.91. The van der Waals surface area contributed by atoms with Crippen molar-refractivity contribution in [2.45, 2.75) is 0 Å². The highest BCUT2D eigenvalue weighted by molar-refractivity contribution is 5.82. The monoisotopic (exact) mass is 198 g/mol. The quantitative estimate of drug-likeness (QED) is 0.649. The summed E-state index contributed by atoms with van der Waals surface area (Å²) in [5, 5.41) is 5.26. The van der Waals surface area contributed by atoms with Gasteiger partial charge >= 0.3 is 0 Å². The van der Waals surface area contributed by atoms with Gasteiger partial charge in [-0.25, -0.2) is 4.98 Å². The smallest absolute Gasteiger partial charge is 0.137 e. The maximum Gasteiger partial charge on any atom is 0.137 e. The Morgan fingerprint density at radius 3 is 3.07 bits per heavy atom. The van der Waals surface area contributed by atoms with E-state index in [9.17, 15) is 0 Å². The molecule has 0 fully saturated rings. The van der Waals surface area contributed by atoms with E-state index in [1.807, 2.05) is 31.6 Å². The van der Waals surface area contributed by atoms with E-state index in [-0.39, 0.29) is 0 Å². The van der Waals surface area contributed by atoms with Crippen molar-refractivity contribution in [3.05, 3.63) is 36.8 Å². The van der Waals surface area contributed by atoms with Gasteiger partial charge in [0.25, 0.3) is 0 Å². The maximum atomic E-state index is 4.25. The fourth-order valence-corrected chi connectivity index (χ4v) is 1.67. The zero-order valence-corrected chi connectivity index (χ0v) is 8.31. The summed E-state index contributed by atoms with van der Waals surface area (Å²) in [6.45, 7) is 0. The van der Waals surface area contributed by atoms with E-state index in [0.717, 1.165) is 22.3 Å². The molecule has 3 rings (SSSR count). The lowest BCUT2D eigenvalue weighted by molar-refractivity contribution is 0.768. The molecule has 0 amide bonds. The second kappa shape index (κ2) is 2.95. The number of aromatic amines is 1. The number of nitrogens with one attached hydrogen (secondary N) is 1. The van der Waals surface area contributed by atoms with Crippen molar-refractivity contribution in [3.8, 4) is 11.3 Å². The minimum atomic E-state index is 0.913. The van der Waals surface area contributed by atoms with Crippen LogP contribution in [0.1, 0.15) is 0 Å². The first kappa shape index (κ1) is 8.23. The molecular weight excluding hydrogens is 188 g/mol. The molecule has 4 nitrogen and oxygen atoms in total. The second-order valence-electron chi connectivity index (χ2n) is 3.53. The number of hydrogen-bond acceptors (Lipinski definition) is 2. The number of nitrogens with zero attached hydrogens (tertiary/aromatic N) is 3. The molecule has 0 aromatic carbocycles. The average Bonchev–Trinajstić information content (AvgIpc) is 2.82. The molecule has 3 aromatic rings. The minimum absolute atomic E-state index is 0.913. The predicted molar refractivity (Wildman–Crippen MR) is 58.3 cm³/mol. The molecule has 74 valence electrons. The van der Waals surface area contributed by atoms with Crippen molar-refractivity contribution in [2.75, 3.05) is 0 Å². The van der Waals surface area contributed by atoms with Crippen LogP contribution in [-0.4, -0.2) is 19.7 Å². The van der Waals surface area contributed by atoms with Gasteiger partial charge in [-0.15, -0.1) is 0 Å². The number of fused-ring (bicyclic) bond motifs is 1. The Morgan fingerprint density at radius 2 is 2.33 bits per heavy atom. The normalized spacial score (nSPS) is 11.0. The van der Waals surface area contributed by atoms with Gasteiger partial charge in [-0.3, -0.25) is 4.68 Å². The number of H-pyrrole nitrogens is 1. The van der Waals surface area contributed by atoms with E-state index in [1.54, 1.807) is 10.9 Å². The molecule has 0 atom stereocenters. The molecule has 0 saturated carbocycles. The van der Waals surface area contributed by atoms with Crippen molar-refractivity contribution < 1.29 is 0 Å². The first-order valence-corrected chi connectivity index (χ1v) is 4.76. The fourth-order valence-electron chi connectivity index (χ4n) is 1.67. The van der Waals surface area contributed by atoms with E-state index in [1.165, 1.54) is 0 Å². The Labute approximate surface area is 86.6 Å². The third kappa shape index (κ3) is 1.30. The Kier molecular flexibility index (Phi) is 1.62. The highest BCUT2D eigenvalue weighted by atomic mass is 15.2. The second-order valence-corrected chi connectivity index (χ2v) is 3.53. The zero-order chi connectivity index (χ0) is 10.3. The van der Waals surface area contributed by atoms with Gasteiger partial charge in [0.15, 0.2) is 0 Å². The largest absolute Gasteiger partial charge is 0.339 e. The topological polar surface area (TPSA) is 46.5 Å². The van der Waals surface area contributed by atoms with Crippen molar-refractivity contribution in [1.82, 2.24) is 19.7 Å². The molecule has 0 aliphatic carbocycles. The number of pyridine rings is 1. The first-order chi connectivity index (χ1) is 7.33. The zero-order valence-electron chi connectivity index (χ0n) is 8.31. The fraction of sp³-hybridized carbons (Fsp3) is 0.0909. The lowest BCUT2D eigenvalue weighted by Crippen LogP contribution is -1.84. The van der Waals surface area contributed by atoms with Crippen LogP contribution in [0, 0.1) is 0 Å². The van der Waals surface area contributed by atoms with E-state index in [2.05, 4.69) is 21.1 Å². The summed E-state index contributed by atoms with van der Waals surface area (Å²) >= 11 is 0. The lowest BCUT2D eigenvalue weighted by Gasteiger charge is -1.88. The van der Waals surface area contributed by atoms with Gasteiger partial charge in [-0.1, -0.05) is 0 Å². The van der Waals surface area contributed by atoms with Crippen molar-refractivity contribution in [1.29, 1.82) is 0 Å². The molecule has 0 saturated heterocycles. The molecule has 0 spiro atoms. The van der Waals surface area contributed by atoms with E-state index < -0.39 is 0 Å². The third-order valence-corrected chi connectivity index (χ3v) is 2.41. The standard InChI is InChI=1S/C11H10N4/c1-15-7-9(6-13-15)10-5-8-3-2-4-12-11(8)14-10/h2-7H,1H3,(H,12,14). The van der Waals surface area contributed by atoms with E-state index in [4.69, 9.17) is 0 Å². The van der Waals surface area contributed by atoms with Crippen LogP contribution in [0.25, 0.3) is 22.3 Å². The van der Waals surface area contributed by atoms with Crippen LogP contribution in [0.2, 0.25) is 0 Å². The summed E-state index contributed by atoms with van der Waals surface area (Å²) in [6, 6.07) is 6.06. The lowest BCUT2D eigenvalue weighted by atomic mass is 10.2. The summed E-state index contributed by atoms with van der Waals surface area (Å²) in [6.07, 6.45) is 5.60. The number of aromatic nitrogens is 4. The van der Waals surface area contributed by atoms with Crippen LogP contribution in [0.15, 0.2) is 36.8 Å². The SMILES string of the molecule is Cn1cc(-c2cc3cccnc3[nH]2)cn1. The highest BCUT2D eigenvalue weighted by Gasteiger charge is 2.04. The number of aryl methyl sites for hydroxylation is 1. The first-order valence-electron chi connectivity index (χ1n) is 4.76. The van der Waals surface area contributed by atoms with Gasteiger partial charge in [0.1, 0.15) is 5.65 Å². The molecule has 0 aliphatic rings. The van der Waals surface area contributed by atoms with E-state index >= 15 is 0 Å². The van der Waals surface area contributed by atoms with Crippen LogP contribution in [0.3, 0.4) is 0 Å². The summed E-state index contributed by atoms with van der Waals surface area (Å²) in [4.78, 5) is 7.51. The maximum absolute atomic E-state index is 4.25. The van der Waals surface area contributed by atoms with Crippen LogP contribution in [0.4, 0.5) is 0 Å². The Hall–Kier alpha value is -2.10. The van der Waals surface area contributed by atoms with Gasteiger partial charge in [0, 0.05) is 30.4 Å². The summed E-state index contributed by atoms with van der Waals surface area (Å²) in [5.41, 5.74) is 3.05. The number of rotatable bonds is 1. The van der Waals surface area contributed by atoms with Gasteiger partial charge in [-0.2, -0.15) is 5.10 Å². The molecule has 0 bridgehead atoms. The van der Waals surface area contributed by atoms with Gasteiger partial charge < -0.3 is 4.98 Å². The highest BCUT2D eigenvalue weighted by Crippen LogP contribution is 2.21. The predicted octanol–water partition coefficient (Wildman–Crippen LogP) is 1.96. The van der Waals surface area contributed by atoms with Crippen molar-refractivity contribution >= 4 is 11.0 Å². The van der Waals surface area contributed by atoms with Crippen molar-refractivity contribution in [3.63, 3.8) is 0 Å². The van der Waals surface area contributed by atoms with Crippen LogP contribution < -0.4 is 0 Å². The number of hydrogen-bond donors (Lipinski definition) is 1. The van der Waals surface area contributed by atoms with Gasteiger partial charge in [0.05, 0.1) is 11.9 Å². The van der Waals surface area contributed by atoms with Gasteiger partial charge in [0.2, 0.25) is 0 Å². The summed E-state index contributed by atoms with van der Waals surface area (Å²) < 4.78 is 1.79. The Morgan fingerprint density at radius 1 is 1.40 bits per heavy atom. The molecule has 4 heteroatoms. The molecular formula is C11H10N4. The third-order valence-electron chi connectivity index (χ3n) is 2.41. The molecule has 0 unspecified atom stereocenters. The Bertz CT molecular complexity index is 573. The molecule has 0 radical (unpaired) electrons. The van der Waals surface area contributed by atoms with E-state index in [0.29, 0.717) is 0 Å². The average molecular weight is 198 g/mol. The minimum Gasteiger partial charge on any atom is -0.339 e. The summed E-state index contributed by atoms with van der Waals surface area (Å²) in [5.74, 6) is 0. The van der Waals surface area contributed by atoms with Crippen molar-refractivity contribution in [2.24, 2.45) is 7.05 Å². The van der Waals surface area contributed by atoms with Crippen LogP contribution >= 0.6 is 0 Å². The van der Waals surface area contributed by atoms with Gasteiger partial charge in [-0.05, 0) is 18.2 Å². The van der Waals surface area contributed by atoms with Crippen LogP contribution in [-0.2, 0) is 7.05 Å². The molecule has 0 aliphatic heterocycles. The molecule has 3 aromatic heterocycles. The Balaban J connectivity index is 2.19. The molecule has 3 heterocycles. The van der Waals surface area contributed by atoms with Crippen LogP contribution in [0.5, 0.6) is 0 Å². The molecule has 1 N–H and O–H groups in total. The molecule has 15 heavy (non-hydrogen) atoms.